The molecule has 7 nitrogen and oxygen atoms in total. The van der Waals surface area contributed by atoms with Gasteiger partial charge in [-0.15, -0.1) is 0 Å². The van der Waals surface area contributed by atoms with Crippen LogP contribution >= 0.6 is 0 Å². The van der Waals surface area contributed by atoms with E-state index in [4.69, 9.17) is 10.5 Å². The van der Waals surface area contributed by atoms with Crippen LogP contribution in [0.25, 0.3) is 0 Å². The SMILES string of the molecule is CNC(=O)CN(C)S(=O)(=O)c1ccc(OC)c(N)c1. The largest absolute Gasteiger partial charge is 0.495 e. The molecular formula is C11H17N3O4S. The van der Waals surface area contributed by atoms with E-state index in [1.807, 2.05) is 0 Å². The van der Waals surface area contributed by atoms with E-state index in [0.717, 1.165) is 4.31 Å². The van der Waals surface area contributed by atoms with E-state index in [-0.39, 0.29) is 17.1 Å². The summed E-state index contributed by atoms with van der Waals surface area (Å²) in [6, 6.07) is 4.15. The zero-order chi connectivity index (χ0) is 14.6. The summed E-state index contributed by atoms with van der Waals surface area (Å²) >= 11 is 0. The summed E-state index contributed by atoms with van der Waals surface area (Å²) in [7, 11) is 0.450. The first kappa shape index (κ1) is 15.3. The minimum Gasteiger partial charge on any atom is -0.495 e. The molecule has 0 unspecified atom stereocenters. The van der Waals surface area contributed by atoms with E-state index in [2.05, 4.69) is 5.32 Å². The van der Waals surface area contributed by atoms with Crippen LogP contribution in [0.2, 0.25) is 0 Å². The second-order valence-corrected chi connectivity index (χ2v) is 5.88. The summed E-state index contributed by atoms with van der Waals surface area (Å²) in [5.41, 5.74) is 5.89. The molecule has 8 heteroatoms. The molecule has 0 aliphatic carbocycles. The monoisotopic (exact) mass is 287 g/mol. The van der Waals surface area contributed by atoms with Gasteiger partial charge in [0.25, 0.3) is 0 Å². The fourth-order valence-corrected chi connectivity index (χ4v) is 2.58. The van der Waals surface area contributed by atoms with Crippen molar-refractivity contribution >= 4 is 21.6 Å². The third-order valence-electron chi connectivity index (χ3n) is 2.55. The van der Waals surface area contributed by atoms with Crippen molar-refractivity contribution in [2.45, 2.75) is 4.90 Å². The van der Waals surface area contributed by atoms with Gasteiger partial charge in [-0.1, -0.05) is 0 Å². The summed E-state index contributed by atoms with van der Waals surface area (Å²) in [5, 5.41) is 2.36. The topological polar surface area (TPSA) is 102 Å². The normalized spacial score (nSPS) is 11.4. The lowest BCUT2D eigenvalue weighted by molar-refractivity contribution is -0.120. The number of nitrogens with zero attached hydrogens (tertiary/aromatic N) is 1. The second-order valence-electron chi connectivity index (χ2n) is 3.84. The van der Waals surface area contributed by atoms with Crippen molar-refractivity contribution in [3.05, 3.63) is 18.2 Å². The number of carbonyl (C=O) groups excluding carboxylic acids is 1. The van der Waals surface area contributed by atoms with Crippen molar-refractivity contribution in [2.24, 2.45) is 0 Å². The van der Waals surface area contributed by atoms with Crippen LogP contribution in [-0.4, -0.2) is 46.4 Å². The van der Waals surface area contributed by atoms with Crippen molar-refractivity contribution < 1.29 is 17.9 Å². The molecule has 3 N–H and O–H groups in total. The first-order chi connectivity index (χ1) is 8.82. The third-order valence-corrected chi connectivity index (χ3v) is 4.35. The molecule has 1 aromatic carbocycles. The highest BCUT2D eigenvalue weighted by molar-refractivity contribution is 7.89. The van der Waals surface area contributed by atoms with Gasteiger partial charge >= 0.3 is 0 Å². The Labute approximate surface area is 112 Å². The highest BCUT2D eigenvalue weighted by atomic mass is 32.2. The number of hydrogen-bond donors (Lipinski definition) is 2. The van der Waals surface area contributed by atoms with Crippen LogP contribution in [0, 0.1) is 0 Å². The number of rotatable bonds is 5. The fourth-order valence-electron chi connectivity index (χ4n) is 1.42. The van der Waals surface area contributed by atoms with E-state index < -0.39 is 15.9 Å². The number of ether oxygens (including phenoxy) is 1. The van der Waals surface area contributed by atoms with Gasteiger partial charge in [0.2, 0.25) is 15.9 Å². The Morgan fingerprint density at radius 1 is 1.47 bits per heavy atom. The van der Waals surface area contributed by atoms with Crippen molar-refractivity contribution in [2.75, 3.05) is 33.5 Å². The van der Waals surface area contributed by atoms with Gasteiger partial charge in [-0.2, -0.15) is 4.31 Å². The quantitative estimate of drug-likeness (QED) is 0.720. The Hall–Kier alpha value is -1.80. The number of benzene rings is 1. The van der Waals surface area contributed by atoms with Gasteiger partial charge in [-0.3, -0.25) is 4.79 Å². The summed E-state index contributed by atoms with van der Waals surface area (Å²) in [4.78, 5) is 11.2. The lowest BCUT2D eigenvalue weighted by Gasteiger charge is -2.17. The molecule has 106 valence electrons. The molecule has 0 aromatic heterocycles. The molecule has 1 rings (SSSR count). The molecule has 0 saturated heterocycles. The number of amides is 1. The van der Waals surface area contributed by atoms with E-state index in [9.17, 15) is 13.2 Å². The van der Waals surface area contributed by atoms with Crippen molar-refractivity contribution in [3.8, 4) is 5.75 Å². The Morgan fingerprint density at radius 2 is 2.11 bits per heavy atom. The average Bonchev–Trinajstić information content (AvgIpc) is 2.38. The van der Waals surface area contributed by atoms with Gasteiger partial charge < -0.3 is 15.8 Å². The molecule has 19 heavy (non-hydrogen) atoms. The third kappa shape index (κ3) is 3.36. The highest BCUT2D eigenvalue weighted by Gasteiger charge is 2.23. The van der Waals surface area contributed by atoms with Crippen molar-refractivity contribution in [1.82, 2.24) is 9.62 Å². The molecule has 0 bridgehead atoms. The highest BCUT2D eigenvalue weighted by Crippen LogP contribution is 2.25. The van der Waals surface area contributed by atoms with Crippen LogP contribution in [-0.2, 0) is 14.8 Å². The van der Waals surface area contributed by atoms with Crippen LogP contribution in [0.15, 0.2) is 23.1 Å². The number of likely N-dealkylation sites (N-methyl/N-ethyl adjacent to an activating group) is 2. The van der Waals surface area contributed by atoms with Gasteiger partial charge in [0.1, 0.15) is 5.75 Å². The van der Waals surface area contributed by atoms with E-state index in [0.29, 0.717) is 5.75 Å². The number of carbonyl (C=O) groups is 1. The lowest BCUT2D eigenvalue weighted by Crippen LogP contribution is -2.36. The predicted octanol–water partition coefficient (Wildman–Crippen LogP) is -0.356. The van der Waals surface area contributed by atoms with Crippen LogP contribution in [0.3, 0.4) is 0 Å². The molecule has 0 spiro atoms. The Morgan fingerprint density at radius 3 is 2.58 bits per heavy atom. The predicted molar refractivity (Wildman–Crippen MR) is 71.3 cm³/mol. The number of anilines is 1. The molecule has 0 atom stereocenters. The van der Waals surface area contributed by atoms with Crippen LogP contribution in [0.4, 0.5) is 5.69 Å². The van der Waals surface area contributed by atoms with Gasteiger partial charge in [0.05, 0.1) is 24.2 Å². The second kappa shape index (κ2) is 5.89. The number of nitrogen functional groups attached to an aromatic ring is 1. The molecule has 0 saturated carbocycles. The number of nitrogens with one attached hydrogen (secondary N) is 1. The lowest BCUT2D eigenvalue weighted by atomic mass is 10.3. The van der Waals surface area contributed by atoms with Crippen LogP contribution in [0.5, 0.6) is 5.75 Å². The summed E-state index contributed by atoms with van der Waals surface area (Å²) in [5.74, 6) is 0.000429. The zero-order valence-electron chi connectivity index (χ0n) is 11.0. The van der Waals surface area contributed by atoms with Crippen molar-refractivity contribution in [1.29, 1.82) is 0 Å². The van der Waals surface area contributed by atoms with Gasteiger partial charge in [-0.25, -0.2) is 8.42 Å². The Kier molecular flexibility index (Phi) is 4.73. The molecule has 1 amide bonds. The van der Waals surface area contributed by atoms with Crippen molar-refractivity contribution in [3.63, 3.8) is 0 Å². The van der Waals surface area contributed by atoms with Crippen LogP contribution < -0.4 is 15.8 Å². The summed E-state index contributed by atoms with van der Waals surface area (Å²) < 4.78 is 30.3. The average molecular weight is 287 g/mol. The number of nitrogens with two attached hydrogens (primary N) is 1. The maximum absolute atomic E-state index is 12.2. The smallest absolute Gasteiger partial charge is 0.243 e. The van der Waals surface area contributed by atoms with Gasteiger partial charge in [0.15, 0.2) is 0 Å². The maximum atomic E-state index is 12.2. The number of sulfonamides is 1. The van der Waals surface area contributed by atoms with Gasteiger partial charge in [0, 0.05) is 14.1 Å². The van der Waals surface area contributed by atoms with E-state index in [1.54, 1.807) is 0 Å². The number of methoxy groups -OCH3 is 1. The summed E-state index contributed by atoms with van der Waals surface area (Å²) in [6.07, 6.45) is 0. The minimum atomic E-state index is -3.75. The molecular weight excluding hydrogens is 270 g/mol. The first-order valence-corrected chi connectivity index (χ1v) is 6.87. The fraction of sp³-hybridized carbons (Fsp3) is 0.364. The van der Waals surface area contributed by atoms with Gasteiger partial charge in [-0.05, 0) is 18.2 Å². The van der Waals surface area contributed by atoms with E-state index in [1.165, 1.54) is 39.4 Å². The van der Waals surface area contributed by atoms with Crippen LogP contribution in [0.1, 0.15) is 0 Å². The number of hydrogen-bond acceptors (Lipinski definition) is 5. The maximum Gasteiger partial charge on any atom is 0.243 e. The molecule has 1 aromatic rings. The standard InChI is InChI=1S/C11H17N3O4S/c1-13-11(15)7-14(2)19(16,17)8-4-5-10(18-3)9(12)6-8/h4-6H,7,12H2,1-3H3,(H,13,15). The first-order valence-electron chi connectivity index (χ1n) is 5.43. The minimum absolute atomic E-state index is 0.0113. The Bertz CT molecular complexity index is 571. The van der Waals surface area contributed by atoms with E-state index >= 15 is 0 Å². The molecule has 0 aliphatic heterocycles. The molecule has 0 heterocycles. The molecule has 0 aliphatic rings. The summed E-state index contributed by atoms with van der Waals surface area (Å²) in [6.45, 7) is -0.259. The molecule has 0 fully saturated rings. The molecule has 0 radical (unpaired) electrons. The Balaban J connectivity index is 3.06. The zero-order valence-corrected chi connectivity index (χ0v) is 11.8.